The molecule has 1 aliphatic heterocycles. The summed E-state index contributed by atoms with van der Waals surface area (Å²) >= 11 is 0. The van der Waals surface area contributed by atoms with Crippen molar-refractivity contribution in [2.24, 2.45) is 11.7 Å². The summed E-state index contributed by atoms with van der Waals surface area (Å²) in [6, 6.07) is 0. The molecule has 1 aromatic rings. The molecule has 0 radical (unpaired) electrons. The number of nitrogen functional groups attached to an aromatic ring is 1. The third kappa shape index (κ3) is 3.13. The first-order valence-corrected chi connectivity index (χ1v) is 5.63. The Morgan fingerprint density at radius 3 is 2.82 bits per heavy atom. The number of nitrogens with two attached hydrogens (primary N) is 1. The predicted molar refractivity (Wildman–Crippen MR) is 62.1 cm³/mol. The van der Waals surface area contributed by atoms with Gasteiger partial charge in [-0.05, 0) is 18.8 Å². The summed E-state index contributed by atoms with van der Waals surface area (Å²) in [4.78, 5) is 8.03. The third-order valence-electron chi connectivity index (χ3n) is 2.72. The van der Waals surface area contributed by atoms with E-state index in [1.807, 2.05) is 0 Å². The molecule has 3 N–H and O–H groups in total. The van der Waals surface area contributed by atoms with Crippen LogP contribution < -0.4 is 10.5 Å². The standard InChI is InChI=1S/C11H16N4O2/c12-10(13)9-11(15-4-3-14-9)17-7-8-1-5-16-6-2-8/h3-4,8H,1-2,5-7H2,(H3,12,13). The van der Waals surface area contributed by atoms with Crippen molar-refractivity contribution >= 4 is 5.84 Å². The number of aromatic nitrogens is 2. The van der Waals surface area contributed by atoms with Crippen LogP contribution >= 0.6 is 0 Å². The SMILES string of the molecule is N=C(N)c1nccnc1OCC1CCOCC1. The van der Waals surface area contributed by atoms with Crippen molar-refractivity contribution in [2.45, 2.75) is 12.8 Å². The van der Waals surface area contributed by atoms with Crippen molar-refractivity contribution in [1.29, 1.82) is 5.41 Å². The van der Waals surface area contributed by atoms with Gasteiger partial charge >= 0.3 is 0 Å². The Morgan fingerprint density at radius 1 is 1.41 bits per heavy atom. The van der Waals surface area contributed by atoms with Gasteiger partial charge in [0.2, 0.25) is 5.88 Å². The average molecular weight is 236 g/mol. The molecule has 1 fully saturated rings. The third-order valence-corrected chi connectivity index (χ3v) is 2.72. The molecular formula is C11H16N4O2. The van der Waals surface area contributed by atoms with Crippen LogP contribution in [-0.4, -0.2) is 35.6 Å². The highest BCUT2D eigenvalue weighted by atomic mass is 16.5. The van der Waals surface area contributed by atoms with Crippen molar-refractivity contribution in [3.05, 3.63) is 18.1 Å². The van der Waals surface area contributed by atoms with Crippen LogP contribution in [0, 0.1) is 11.3 Å². The maximum atomic E-state index is 7.37. The van der Waals surface area contributed by atoms with Crippen LogP contribution in [0.2, 0.25) is 0 Å². The van der Waals surface area contributed by atoms with Gasteiger partial charge in [0.15, 0.2) is 5.69 Å². The van der Waals surface area contributed by atoms with Gasteiger partial charge < -0.3 is 15.2 Å². The van der Waals surface area contributed by atoms with Gasteiger partial charge in [0, 0.05) is 25.6 Å². The quantitative estimate of drug-likeness (QED) is 0.588. The van der Waals surface area contributed by atoms with Crippen LogP contribution in [0.15, 0.2) is 12.4 Å². The molecule has 17 heavy (non-hydrogen) atoms. The Labute approximate surface area is 99.7 Å². The van der Waals surface area contributed by atoms with Crippen molar-refractivity contribution < 1.29 is 9.47 Å². The zero-order chi connectivity index (χ0) is 12.1. The molecule has 6 heteroatoms. The van der Waals surface area contributed by atoms with E-state index >= 15 is 0 Å². The lowest BCUT2D eigenvalue weighted by Gasteiger charge is -2.22. The lowest BCUT2D eigenvalue weighted by molar-refractivity contribution is 0.0489. The lowest BCUT2D eigenvalue weighted by Crippen LogP contribution is -2.23. The van der Waals surface area contributed by atoms with E-state index in [0.29, 0.717) is 24.1 Å². The van der Waals surface area contributed by atoms with Crippen LogP contribution in [0.3, 0.4) is 0 Å². The number of nitrogens with one attached hydrogen (secondary N) is 1. The van der Waals surface area contributed by atoms with Gasteiger partial charge in [-0.25, -0.2) is 9.97 Å². The van der Waals surface area contributed by atoms with Gasteiger partial charge in [0.05, 0.1) is 6.61 Å². The summed E-state index contributed by atoms with van der Waals surface area (Å²) in [5.41, 5.74) is 5.71. The highest BCUT2D eigenvalue weighted by Crippen LogP contribution is 2.17. The zero-order valence-corrected chi connectivity index (χ0v) is 9.56. The van der Waals surface area contributed by atoms with Gasteiger partial charge in [-0.1, -0.05) is 0 Å². The fraction of sp³-hybridized carbons (Fsp3) is 0.545. The lowest BCUT2D eigenvalue weighted by atomic mass is 10.0. The summed E-state index contributed by atoms with van der Waals surface area (Å²) in [5.74, 6) is 0.692. The van der Waals surface area contributed by atoms with Crippen molar-refractivity contribution in [3.8, 4) is 5.88 Å². The monoisotopic (exact) mass is 236 g/mol. The van der Waals surface area contributed by atoms with E-state index in [2.05, 4.69) is 9.97 Å². The van der Waals surface area contributed by atoms with Crippen LogP contribution in [0.25, 0.3) is 0 Å². The zero-order valence-electron chi connectivity index (χ0n) is 9.56. The maximum absolute atomic E-state index is 7.37. The summed E-state index contributed by atoms with van der Waals surface area (Å²) in [7, 11) is 0. The molecule has 0 bridgehead atoms. The summed E-state index contributed by atoms with van der Waals surface area (Å²) in [6.45, 7) is 2.14. The smallest absolute Gasteiger partial charge is 0.243 e. The van der Waals surface area contributed by atoms with Gasteiger partial charge in [-0.2, -0.15) is 0 Å². The number of nitrogens with zero attached hydrogens (tertiary/aromatic N) is 2. The van der Waals surface area contributed by atoms with Gasteiger partial charge in [-0.3, -0.25) is 5.41 Å². The van der Waals surface area contributed by atoms with Crippen molar-refractivity contribution in [1.82, 2.24) is 9.97 Å². The highest BCUT2D eigenvalue weighted by Gasteiger charge is 2.16. The van der Waals surface area contributed by atoms with E-state index in [-0.39, 0.29) is 5.84 Å². The van der Waals surface area contributed by atoms with Crippen molar-refractivity contribution in [2.75, 3.05) is 19.8 Å². The first-order chi connectivity index (χ1) is 8.27. The molecule has 2 heterocycles. The number of hydrogen-bond acceptors (Lipinski definition) is 5. The van der Waals surface area contributed by atoms with Gasteiger partial charge in [0.1, 0.15) is 5.84 Å². The fourth-order valence-electron chi connectivity index (χ4n) is 1.73. The van der Waals surface area contributed by atoms with E-state index in [9.17, 15) is 0 Å². The minimum atomic E-state index is -0.125. The highest BCUT2D eigenvalue weighted by molar-refractivity contribution is 5.94. The molecule has 0 saturated carbocycles. The van der Waals surface area contributed by atoms with Crippen LogP contribution in [-0.2, 0) is 4.74 Å². The van der Waals surface area contributed by atoms with Crippen molar-refractivity contribution in [3.63, 3.8) is 0 Å². The maximum Gasteiger partial charge on any atom is 0.243 e. The van der Waals surface area contributed by atoms with E-state index in [1.165, 1.54) is 12.4 Å². The Morgan fingerprint density at radius 2 is 2.12 bits per heavy atom. The Kier molecular flexibility index (Phi) is 3.87. The van der Waals surface area contributed by atoms with Gasteiger partial charge in [-0.15, -0.1) is 0 Å². The molecule has 2 rings (SSSR count). The molecule has 0 atom stereocenters. The first kappa shape index (κ1) is 11.8. The van der Waals surface area contributed by atoms with E-state index < -0.39 is 0 Å². The number of rotatable bonds is 4. The second-order valence-electron chi connectivity index (χ2n) is 3.99. The Bertz CT molecular complexity index is 391. The summed E-state index contributed by atoms with van der Waals surface area (Å²) < 4.78 is 10.9. The molecule has 0 amide bonds. The van der Waals surface area contributed by atoms with Crippen LogP contribution in [0.1, 0.15) is 18.5 Å². The molecule has 0 aliphatic carbocycles. The number of hydrogen-bond donors (Lipinski definition) is 2. The second-order valence-corrected chi connectivity index (χ2v) is 3.99. The molecule has 0 aromatic carbocycles. The molecule has 6 nitrogen and oxygen atoms in total. The number of amidine groups is 1. The van der Waals surface area contributed by atoms with Gasteiger partial charge in [0.25, 0.3) is 0 Å². The second kappa shape index (κ2) is 5.58. The average Bonchev–Trinajstić information content (AvgIpc) is 2.38. The molecule has 0 unspecified atom stereocenters. The predicted octanol–water partition coefficient (Wildman–Crippen LogP) is 0.566. The van der Waals surface area contributed by atoms with Crippen LogP contribution in [0.5, 0.6) is 5.88 Å². The summed E-state index contributed by atoms with van der Waals surface area (Å²) in [6.07, 6.45) is 5.02. The first-order valence-electron chi connectivity index (χ1n) is 5.63. The van der Waals surface area contributed by atoms with E-state index in [1.54, 1.807) is 0 Å². The number of ether oxygens (including phenoxy) is 2. The molecule has 0 spiro atoms. The molecule has 1 aromatic heterocycles. The Balaban J connectivity index is 1.96. The molecule has 1 aliphatic rings. The van der Waals surface area contributed by atoms with E-state index in [4.69, 9.17) is 20.6 Å². The fourth-order valence-corrected chi connectivity index (χ4v) is 1.73. The van der Waals surface area contributed by atoms with E-state index in [0.717, 1.165) is 26.1 Å². The molecular weight excluding hydrogens is 220 g/mol. The largest absolute Gasteiger partial charge is 0.476 e. The minimum absolute atomic E-state index is 0.125. The molecule has 92 valence electrons. The minimum Gasteiger partial charge on any atom is -0.476 e. The summed E-state index contributed by atoms with van der Waals surface area (Å²) in [5, 5.41) is 7.37. The topological polar surface area (TPSA) is 94.1 Å². The normalized spacial score (nSPS) is 16.7. The van der Waals surface area contributed by atoms with Crippen LogP contribution in [0.4, 0.5) is 0 Å². The Hall–Kier alpha value is -1.69. The molecule has 1 saturated heterocycles.